The zero-order valence-corrected chi connectivity index (χ0v) is 22.4. The first kappa shape index (κ1) is 30.5. The van der Waals surface area contributed by atoms with Crippen LogP contribution in [0.4, 0.5) is 0 Å². The van der Waals surface area contributed by atoms with Crippen molar-refractivity contribution in [2.75, 3.05) is 19.8 Å². The molecule has 198 valence electrons. The van der Waals surface area contributed by atoms with Crippen LogP contribution < -0.4 is 4.74 Å². The van der Waals surface area contributed by atoms with Gasteiger partial charge in [0.1, 0.15) is 5.57 Å². The second-order valence-electron chi connectivity index (χ2n) is 9.16. The number of phenolic OH excluding ortho intramolecular Hbond substituents is 1. The van der Waals surface area contributed by atoms with Crippen LogP contribution in [-0.4, -0.2) is 36.9 Å². The molecule has 2 unspecified atom stereocenters. The molecule has 1 aromatic rings. The number of carbonyl (C=O) groups excluding carboxylic acids is 2. The van der Waals surface area contributed by atoms with E-state index in [9.17, 15) is 14.7 Å². The Bertz CT molecular complexity index is 751. The molecule has 1 rings (SSSR count). The van der Waals surface area contributed by atoms with Gasteiger partial charge in [0.05, 0.1) is 19.8 Å². The van der Waals surface area contributed by atoms with E-state index in [4.69, 9.17) is 14.2 Å². The normalized spacial score (nSPS) is 12.5. The Balaban J connectivity index is 3.10. The predicted octanol–water partition coefficient (Wildman–Crippen LogP) is 7.08. The number of carbonyl (C=O) groups is 2. The van der Waals surface area contributed by atoms with Crippen LogP contribution in [0.5, 0.6) is 11.5 Å². The smallest absolute Gasteiger partial charge is 0.345 e. The van der Waals surface area contributed by atoms with Crippen molar-refractivity contribution in [1.29, 1.82) is 0 Å². The number of hydrogen-bond donors (Lipinski definition) is 1. The Labute approximate surface area is 212 Å². The fraction of sp³-hybridized carbons (Fsp3) is 0.655. The number of benzene rings is 1. The molecule has 1 aromatic carbocycles. The van der Waals surface area contributed by atoms with Gasteiger partial charge in [0, 0.05) is 0 Å². The largest absolute Gasteiger partial charge is 0.504 e. The predicted molar refractivity (Wildman–Crippen MR) is 140 cm³/mol. The highest BCUT2D eigenvalue weighted by Gasteiger charge is 2.24. The maximum absolute atomic E-state index is 13.0. The van der Waals surface area contributed by atoms with Crippen molar-refractivity contribution in [2.45, 2.75) is 92.4 Å². The Morgan fingerprint density at radius 2 is 1.40 bits per heavy atom. The highest BCUT2D eigenvalue weighted by molar-refractivity contribution is 6.17. The summed E-state index contributed by atoms with van der Waals surface area (Å²) in [5.74, 6) is -0.537. The third-order valence-electron chi connectivity index (χ3n) is 6.18. The summed E-state index contributed by atoms with van der Waals surface area (Å²) >= 11 is 0. The molecule has 0 saturated carbocycles. The summed E-state index contributed by atoms with van der Waals surface area (Å²) in [6, 6.07) is 4.72. The van der Waals surface area contributed by atoms with Crippen LogP contribution in [0.1, 0.15) is 98.0 Å². The van der Waals surface area contributed by atoms with E-state index >= 15 is 0 Å². The van der Waals surface area contributed by atoms with E-state index in [1.54, 1.807) is 12.1 Å². The third-order valence-corrected chi connectivity index (χ3v) is 6.18. The van der Waals surface area contributed by atoms with E-state index in [0.717, 1.165) is 57.8 Å². The van der Waals surface area contributed by atoms with Crippen molar-refractivity contribution in [1.82, 2.24) is 0 Å². The van der Waals surface area contributed by atoms with Gasteiger partial charge in [0.25, 0.3) is 0 Å². The molecule has 35 heavy (non-hydrogen) atoms. The second kappa shape index (κ2) is 17.9. The fourth-order valence-electron chi connectivity index (χ4n) is 3.65. The van der Waals surface area contributed by atoms with Crippen LogP contribution >= 0.6 is 0 Å². The maximum Gasteiger partial charge on any atom is 0.345 e. The van der Waals surface area contributed by atoms with Crippen LogP contribution in [0.2, 0.25) is 0 Å². The number of esters is 2. The van der Waals surface area contributed by atoms with Gasteiger partial charge in [-0.1, -0.05) is 79.2 Å². The topological polar surface area (TPSA) is 82.1 Å². The minimum atomic E-state index is -0.685. The lowest BCUT2D eigenvalue weighted by Crippen LogP contribution is -2.23. The molecule has 0 amide bonds. The molecule has 0 spiro atoms. The van der Waals surface area contributed by atoms with E-state index in [-0.39, 0.29) is 36.4 Å². The molecule has 6 heteroatoms. The first-order chi connectivity index (χ1) is 16.9. The number of unbranched alkanes of at least 4 members (excludes halogenated alkanes) is 2. The average Bonchev–Trinajstić information content (AvgIpc) is 2.87. The summed E-state index contributed by atoms with van der Waals surface area (Å²) in [7, 11) is 0. The van der Waals surface area contributed by atoms with Crippen LogP contribution in [-0.2, 0) is 19.1 Å². The standard InChI is InChI=1S/C29H46O6/c1-6-11-13-22(9-4)20-34-28(31)25(29(32)35-21-23(10-5)14-12-7-2)18-24-15-16-26(30)27(19-24)33-17-8-3/h15-16,18-19,22-23,30H,6-14,17,20-21H2,1-5H3. The number of hydrogen-bond acceptors (Lipinski definition) is 6. The van der Waals surface area contributed by atoms with E-state index in [0.29, 0.717) is 17.9 Å². The van der Waals surface area contributed by atoms with E-state index in [1.807, 2.05) is 6.92 Å². The Kier molecular flexibility index (Phi) is 15.6. The number of ether oxygens (including phenoxy) is 3. The van der Waals surface area contributed by atoms with Gasteiger partial charge in [-0.15, -0.1) is 0 Å². The van der Waals surface area contributed by atoms with E-state index in [2.05, 4.69) is 27.7 Å². The molecule has 0 aliphatic carbocycles. The zero-order valence-electron chi connectivity index (χ0n) is 22.4. The molecular formula is C29H46O6. The lowest BCUT2D eigenvalue weighted by atomic mass is 10.0. The minimum Gasteiger partial charge on any atom is -0.504 e. The van der Waals surface area contributed by atoms with Crippen molar-refractivity contribution in [3.8, 4) is 11.5 Å². The van der Waals surface area contributed by atoms with E-state index < -0.39 is 11.9 Å². The molecule has 2 atom stereocenters. The third kappa shape index (κ3) is 11.7. The average molecular weight is 491 g/mol. The van der Waals surface area contributed by atoms with Crippen molar-refractivity contribution >= 4 is 18.0 Å². The first-order valence-electron chi connectivity index (χ1n) is 13.4. The molecule has 0 aliphatic rings. The SMILES string of the molecule is CCCCC(CC)COC(=O)C(=Cc1ccc(O)c(OCCC)c1)C(=O)OCC(CC)CCCC. The summed E-state index contributed by atoms with van der Waals surface area (Å²) in [6.45, 7) is 11.4. The lowest BCUT2D eigenvalue weighted by Gasteiger charge is -2.17. The van der Waals surface area contributed by atoms with Crippen LogP contribution in [0, 0.1) is 11.8 Å². The number of rotatable bonds is 18. The van der Waals surface area contributed by atoms with Crippen molar-refractivity contribution < 1.29 is 28.9 Å². The van der Waals surface area contributed by atoms with Crippen molar-refractivity contribution in [3.63, 3.8) is 0 Å². The number of aromatic hydroxyl groups is 1. The fourth-order valence-corrected chi connectivity index (χ4v) is 3.65. The highest BCUT2D eigenvalue weighted by Crippen LogP contribution is 2.28. The molecule has 0 heterocycles. The van der Waals surface area contributed by atoms with Crippen molar-refractivity contribution in [2.24, 2.45) is 11.8 Å². The summed E-state index contributed by atoms with van der Waals surface area (Å²) in [5.41, 5.74) is 0.404. The minimum absolute atomic E-state index is 0.00530. The summed E-state index contributed by atoms with van der Waals surface area (Å²) in [6.07, 6.45) is 10.3. The molecule has 0 radical (unpaired) electrons. The molecule has 0 aromatic heterocycles. The second-order valence-corrected chi connectivity index (χ2v) is 9.16. The van der Waals surface area contributed by atoms with Gasteiger partial charge in [-0.05, 0) is 54.9 Å². The summed E-state index contributed by atoms with van der Waals surface area (Å²) in [5, 5.41) is 10.1. The molecule has 6 nitrogen and oxygen atoms in total. The molecule has 1 N–H and O–H groups in total. The monoisotopic (exact) mass is 490 g/mol. The van der Waals surface area contributed by atoms with Crippen LogP contribution in [0.25, 0.3) is 6.08 Å². The Hall–Kier alpha value is -2.50. The molecule has 0 saturated heterocycles. The van der Waals surface area contributed by atoms with Gasteiger partial charge in [-0.25, -0.2) is 9.59 Å². The quantitative estimate of drug-likeness (QED) is 0.102. The molecule has 0 aliphatic heterocycles. The zero-order chi connectivity index (χ0) is 26.1. The van der Waals surface area contributed by atoms with Gasteiger partial charge in [-0.2, -0.15) is 0 Å². The van der Waals surface area contributed by atoms with Gasteiger partial charge in [0.2, 0.25) is 0 Å². The number of phenols is 1. The van der Waals surface area contributed by atoms with Crippen molar-refractivity contribution in [3.05, 3.63) is 29.3 Å². The van der Waals surface area contributed by atoms with E-state index in [1.165, 1.54) is 12.1 Å². The Morgan fingerprint density at radius 3 is 1.86 bits per heavy atom. The first-order valence-corrected chi connectivity index (χ1v) is 13.4. The van der Waals surface area contributed by atoms with Crippen LogP contribution in [0.3, 0.4) is 0 Å². The van der Waals surface area contributed by atoms with Gasteiger partial charge in [0.15, 0.2) is 11.5 Å². The summed E-state index contributed by atoms with van der Waals surface area (Å²) in [4.78, 5) is 26.0. The maximum atomic E-state index is 13.0. The van der Waals surface area contributed by atoms with Gasteiger partial charge >= 0.3 is 11.9 Å². The lowest BCUT2D eigenvalue weighted by molar-refractivity contribution is -0.148. The highest BCUT2D eigenvalue weighted by atomic mass is 16.6. The van der Waals surface area contributed by atoms with Gasteiger partial charge in [-0.3, -0.25) is 0 Å². The molecule has 0 bridgehead atoms. The van der Waals surface area contributed by atoms with Gasteiger partial charge < -0.3 is 19.3 Å². The molecular weight excluding hydrogens is 444 g/mol. The molecule has 0 fully saturated rings. The Morgan fingerprint density at radius 1 is 0.857 bits per heavy atom. The van der Waals surface area contributed by atoms with Crippen LogP contribution in [0.15, 0.2) is 23.8 Å². The summed E-state index contributed by atoms with van der Waals surface area (Å²) < 4.78 is 16.7.